The van der Waals surface area contributed by atoms with Crippen molar-refractivity contribution in [2.45, 2.75) is 39.2 Å². The lowest BCUT2D eigenvalue weighted by atomic mass is 10.2. The highest BCUT2D eigenvalue weighted by atomic mass is 32.1. The predicted molar refractivity (Wildman–Crippen MR) is 48.9 cm³/mol. The van der Waals surface area contributed by atoms with Crippen molar-refractivity contribution in [3.8, 4) is 0 Å². The molecule has 1 unspecified atom stereocenters. The second-order valence-corrected chi connectivity index (χ2v) is 2.92. The summed E-state index contributed by atoms with van der Waals surface area (Å²) >= 11 is 3.81. The van der Waals surface area contributed by atoms with E-state index in [4.69, 9.17) is 4.74 Å². The number of unbranched alkanes of at least 4 members (excludes halogenated alkanes) is 1. The second kappa shape index (κ2) is 6.53. The van der Waals surface area contributed by atoms with Crippen LogP contribution in [-0.4, -0.2) is 17.8 Å². The first-order valence-corrected chi connectivity index (χ1v) is 4.64. The number of thiol groups is 1. The van der Waals surface area contributed by atoms with Crippen molar-refractivity contribution in [3.05, 3.63) is 0 Å². The number of ether oxygens (including phenoxy) is 1. The van der Waals surface area contributed by atoms with E-state index in [1.165, 1.54) is 0 Å². The molecule has 0 rings (SSSR count). The maximum atomic E-state index is 10.7. The first-order valence-electron chi connectivity index (χ1n) is 4.01. The Morgan fingerprint density at radius 3 is 2.73 bits per heavy atom. The van der Waals surface area contributed by atoms with Gasteiger partial charge in [0.15, 0.2) is 0 Å². The first-order chi connectivity index (χ1) is 5.20. The molecule has 11 heavy (non-hydrogen) atoms. The van der Waals surface area contributed by atoms with Gasteiger partial charge in [0.05, 0.1) is 11.9 Å². The summed E-state index contributed by atoms with van der Waals surface area (Å²) in [4.78, 5) is 10.7. The van der Waals surface area contributed by atoms with Crippen molar-refractivity contribution in [1.29, 1.82) is 0 Å². The lowest BCUT2D eigenvalue weighted by Gasteiger charge is -2.10. The Kier molecular flexibility index (Phi) is 6.42. The summed E-state index contributed by atoms with van der Waals surface area (Å²) in [6, 6.07) is 0. The van der Waals surface area contributed by atoms with Crippen LogP contribution in [0.2, 0.25) is 0 Å². The molecule has 0 N–H and O–H groups in total. The quantitative estimate of drug-likeness (QED) is 0.512. The van der Waals surface area contributed by atoms with Gasteiger partial charge in [-0.2, -0.15) is 12.6 Å². The summed E-state index contributed by atoms with van der Waals surface area (Å²) in [6.07, 6.45) is 3.26. The van der Waals surface area contributed by atoms with E-state index < -0.39 is 0 Å². The molecule has 0 saturated carbocycles. The normalized spacial score (nSPS) is 12.6. The van der Waals surface area contributed by atoms with Crippen LogP contribution in [0.4, 0.5) is 0 Å². The zero-order valence-electron chi connectivity index (χ0n) is 7.17. The number of hydrogen-bond donors (Lipinski definition) is 1. The van der Waals surface area contributed by atoms with Crippen LogP contribution >= 0.6 is 12.6 Å². The standard InChI is InChI=1S/C8H16O2S/c1-3-4-5-7(2)10-8(9)6-11/h7,11H,3-6H2,1-2H3. The molecule has 0 aliphatic rings. The van der Waals surface area contributed by atoms with E-state index in [1.54, 1.807) is 0 Å². The predicted octanol–water partition coefficient (Wildman–Crippen LogP) is 2.04. The van der Waals surface area contributed by atoms with Crippen LogP contribution in [0, 0.1) is 0 Å². The van der Waals surface area contributed by atoms with E-state index in [1.807, 2.05) is 6.92 Å². The minimum absolute atomic E-state index is 0.0506. The third-order valence-electron chi connectivity index (χ3n) is 1.43. The van der Waals surface area contributed by atoms with Crippen LogP contribution in [0.5, 0.6) is 0 Å². The minimum atomic E-state index is -0.225. The first kappa shape index (κ1) is 10.8. The minimum Gasteiger partial charge on any atom is -0.462 e. The van der Waals surface area contributed by atoms with E-state index in [-0.39, 0.29) is 17.8 Å². The largest absolute Gasteiger partial charge is 0.462 e. The van der Waals surface area contributed by atoms with Crippen molar-refractivity contribution in [2.24, 2.45) is 0 Å². The Morgan fingerprint density at radius 1 is 1.64 bits per heavy atom. The van der Waals surface area contributed by atoms with Gasteiger partial charge in [-0.1, -0.05) is 19.8 Å². The van der Waals surface area contributed by atoms with Crippen molar-refractivity contribution < 1.29 is 9.53 Å². The smallest absolute Gasteiger partial charge is 0.315 e. The van der Waals surface area contributed by atoms with Crippen molar-refractivity contribution in [3.63, 3.8) is 0 Å². The molecular formula is C8H16O2S. The van der Waals surface area contributed by atoms with Crippen LogP contribution < -0.4 is 0 Å². The molecule has 0 heterocycles. The highest BCUT2D eigenvalue weighted by Crippen LogP contribution is 2.04. The molecule has 0 bridgehead atoms. The zero-order valence-corrected chi connectivity index (χ0v) is 8.06. The summed E-state index contributed by atoms with van der Waals surface area (Å²) in [5.74, 6) is -0.0480. The summed E-state index contributed by atoms with van der Waals surface area (Å²) in [5.41, 5.74) is 0. The van der Waals surface area contributed by atoms with Crippen LogP contribution in [0.25, 0.3) is 0 Å². The van der Waals surface area contributed by atoms with Gasteiger partial charge in [0.2, 0.25) is 0 Å². The molecule has 0 aliphatic carbocycles. The molecule has 1 atom stereocenters. The van der Waals surface area contributed by atoms with Gasteiger partial charge < -0.3 is 4.74 Å². The topological polar surface area (TPSA) is 26.3 Å². The SMILES string of the molecule is CCCCC(C)OC(=O)CS. The monoisotopic (exact) mass is 176 g/mol. The molecule has 0 aromatic heterocycles. The molecule has 0 fully saturated rings. The lowest BCUT2D eigenvalue weighted by Crippen LogP contribution is -2.15. The number of carbonyl (C=O) groups is 1. The number of carbonyl (C=O) groups excluding carboxylic acids is 1. The molecule has 0 aromatic rings. The summed E-state index contributed by atoms with van der Waals surface area (Å²) in [7, 11) is 0. The summed E-state index contributed by atoms with van der Waals surface area (Å²) in [6.45, 7) is 4.03. The molecule has 3 heteroatoms. The summed E-state index contributed by atoms with van der Waals surface area (Å²) in [5, 5.41) is 0. The van der Waals surface area contributed by atoms with E-state index >= 15 is 0 Å². The van der Waals surface area contributed by atoms with Crippen LogP contribution in [-0.2, 0) is 9.53 Å². The van der Waals surface area contributed by atoms with Crippen molar-refractivity contribution >= 4 is 18.6 Å². The molecule has 66 valence electrons. The fourth-order valence-electron chi connectivity index (χ4n) is 0.812. The van der Waals surface area contributed by atoms with Crippen molar-refractivity contribution in [2.75, 3.05) is 5.75 Å². The number of rotatable bonds is 5. The van der Waals surface area contributed by atoms with Crippen LogP contribution in [0.1, 0.15) is 33.1 Å². The van der Waals surface area contributed by atoms with Gasteiger partial charge >= 0.3 is 5.97 Å². The third kappa shape index (κ3) is 6.23. The average molecular weight is 176 g/mol. The van der Waals surface area contributed by atoms with Crippen molar-refractivity contribution in [1.82, 2.24) is 0 Å². The average Bonchev–Trinajstić information content (AvgIpc) is 2.00. The lowest BCUT2D eigenvalue weighted by molar-refractivity contribution is -0.145. The Hall–Kier alpha value is -0.180. The van der Waals surface area contributed by atoms with Gasteiger partial charge in [-0.25, -0.2) is 0 Å². The van der Waals surface area contributed by atoms with Gasteiger partial charge in [-0.3, -0.25) is 4.79 Å². The fraction of sp³-hybridized carbons (Fsp3) is 0.875. The molecule has 0 spiro atoms. The number of hydrogen-bond acceptors (Lipinski definition) is 3. The van der Waals surface area contributed by atoms with E-state index in [2.05, 4.69) is 19.6 Å². The zero-order chi connectivity index (χ0) is 8.69. The Labute approximate surface area is 73.7 Å². The maximum Gasteiger partial charge on any atom is 0.315 e. The van der Waals surface area contributed by atoms with Crippen LogP contribution in [0.3, 0.4) is 0 Å². The van der Waals surface area contributed by atoms with E-state index in [0.717, 1.165) is 19.3 Å². The molecule has 0 aliphatic heterocycles. The Morgan fingerprint density at radius 2 is 2.27 bits per heavy atom. The van der Waals surface area contributed by atoms with Gasteiger partial charge in [0.25, 0.3) is 0 Å². The van der Waals surface area contributed by atoms with E-state index in [0.29, 0.717) is 0 Å². The fourth-order valence-corrected chi connectivity index (χ4v) is 0.887. The highest BCUT2D eigenvalue weighted by molar-refractivity contribution is 7.81. The molecule has 0 saturated heterocycles. The number of esters is 1. The van der Waals surface area contributed by atoms with Gasteiger partial charge in [-0.15, -0.1) is 0 Å². The molecule has 0 radical (unpaired) electrons. The molecule has 0 aromatic carbocycles. The molecule has 0 amide bonds. The van der Waals surface area contributed by atoms with Crippen LogP contribution in [0.15, 0.2) is 0 Å². The Bertz CT molecular complexity index is 115. The third-order valence-corrected chi connectivity index (χ3v) is 1.68. The van der Waals surface area contributed by atoms with E-state index in [9.17, 15) is 4.79 Å². The Balaban J connectivity index is 3.35. The second-order valence-electron chi connectivity index (χ2n) is 2.60. The maximum absolute atomic E-state index is 10.7. The molecule has 2 nitrogen and oxygen atoms in total. The molecular weight excluding hydrogens is 160 g/mol. The van der Waals surface area contributed by atoms with Gasteiger partial charge in [0.1, 0.15) is 0 Å². The van der Waals surface area contributed by atoms with Gasteiger partial charge in [-0.05, 0) is 13.3 Å². The van der Waals surface area contributed by atoms with Gasteiger partial charge in [0, 0.05) is 0 Å². The summed E-state index contributed by atoms with van der Waals surface area (Å²) < 4.78 is 4.99. The highest BCUT2D eigenvalue weighted by Gasteiger charge is 2.05.